The minimum atomic E-state index is 1.03. The van der Waals surface area contributed by atoms with Crippen LogP contribution in [0, 0.1) is 0 Å². The van der Waals surface area contributed by atoms with E-state index in [1.165, 1.54) is 0 Å². The first-order valence-corrected chi connectivity index (χ1v) is 4.70. The van der Waals surface area contributed by atoms with E-state index in [4.69, 9.17) is 0 Å². The highest BCUT2D eigenvalue weighted by Crippen LogP contribution is 2.05. The van der Waals surface area contributed by atoms with Crippen molar-refractivity contribution < 1.29 is 0 Å². The second kappa shape index (κ2) is 4.91. The van der Waals surface area contributed by atoms with E-state index in [2.05, 4.69) is 15.0 Å². The van der Waals surface area contributed by atoms with Crippen molar-refractivity contribution in [2.45, 2.75) is 0 Å². The van der Waals surface area contributed by atoms with E-state index >= 15 is 0 Å². The van der Waals surface area contributed by atoms with Gasteiger partial charge in [0.1, 0.15) is 0 Å². The topological polar surface area (TPSA) is 41.6 Å². The van der Waals surface area contributed by atoms with Crippen LogP contribution in [0.1, 0.15) is 0 Å². The second-order valence-electron chi connectivity index (χ2n) is 2.94. The van der Waals surface area contributed by atoms with E-state index in [-0.39, 0.29) is 0 Å². The molecule has 0 aliphatic heterocycles. The molecule has 15 heavy (non-hydrogen) atoms. The summed E-state index contributed by atoms with van der Waals surface area (Å²) in [5, 5.41) is 0. The number of aromatic amines is 1. The van der Waals surface area contributed by atoms with Crippen LogP contribution in [0.4, 0.5) is 0 Å². The quantitative estimate of drug-likeness (QED) is 0.602. The number of hydrogen-bond donors (Lipinski definition) is 1. The lowest BCUT2D eigenvalue weighted by Crippen LogP contribution is -1.68. The van der Waals surface area contributed by atoms with Gasteiger partial charge in [-0.1, -0.05) is 6.07 Å². The highest BCUT2D eigenvalue weighted by molar-refractivity contribution is 5.73. The van der Waals surface area contributed by atoms with Crippen LogP contribution in [0.5, 0.6) is 0 Å². The minimum absolute atomic E-state index is 1.03. The van der Waals surface area contributed by atoms with Gasteiger partial charge in [-0.15, -0.1) is 0 Å². The molecular formula is C12H11N3. The molecule has 0 bridgehead atoms. The molecule has 0 fully saturated rings. The fourth-order valence-electron chi connectivity index (χ4n) is 1.20. The summed E-state index contributed by atoms with van der Waals surface area (Å²) in [6.07, 6.45) is 7.17. The van der Waals surface area contributed by atoms with Gasteiger partial charge in [0, 0.05) is 24.8 Å². The maximum absolute atomic E-state index is 4.11. The predicted octanol–water partition coefficient (Wildman–Crippen LogP) is 2.64. The number of rotatable bonds is 0. The molecule has 0 saturated heterocycles. The van der Waals surface area contributed by atoms with Crippen molar-refractivity contribution in [1.82, 2.24) is 15.0 Å². The molecule has 0 saturated carbocycles. The van der Waals surface area contributed by atoms with Crippen LogP contribution in [0.15, 0.2) is 61.2 Å². The number of nitrogens with one attached hydrogen (secondary N) is 1. The summed E-state index contributed by atoms with van der Waals surface area (Å²) in [6.45, 7) is 0. The van der Waals surface area contributed by atoms with Crippen LogP contribution < -0.4 is 0 Å². The molecule has 1 N–H and O–H groups in total. The van der Waals surface area contributed by atoms with Crippen molar-refractivity contribution >= 4 is 11.0 Å². The molecular weight excluding hydrogens is 186 g/mol. The minimum Gasteiger partial charge on any atom is -0.360 e. The van der Waals surface area contributed by atoms with Gasteiger partial charge in [-0.25, -0.2) is 0 Å². The molecule has 3 rings (SSSR count). The zero-order valence-corrected chi connectivity index (χ0v) is 8.17. The van der Waals surface area contributed by atoms with Crippen LogP contribution >= 0.6 is 0 Å². The standard InChI is InChI=1S/C7H6N2.C5H5N/c1-2-6-7(8-4-1)3-5-9-6;1-2-4-6-5-3-1/h1-5,9H;1-5H. The Bertz CT molecular complexity index is 445. The molecule has 0 atom stereocenters. The van der Waals surface area contributed by atoms with Gasteiger partial charge in [0.25, 0.3) is 0 Å². The smallest absolute Gasteiger partial charge is 0.0878 e. The maximum Gasteiger partial charge on any atom is 0.0878 e. The summed E-state index contributed by atoms with van der Waals surface area (Å²) in [5.74, 6) is 0. The summed E-state index contributed by atoms with van der Waals surface area (Å²) in [5.41, 5.74) is 2.12. The highest BCUT2D eigenvalue weighted by Gasteiger charge is 1.88. The Morgan fingerprint density at radius 3 is 2.33 bits per heavy atom. The summed E-state index contributed by atoms with van der Waals surface area (Å²) in [4.78, 5) is 11.0. The van der Waals surface area contributed by atoms with E-state index in [9.17, 15) is 0 Å². The lowest BCUT2D eigenvalue weighted by atomic mass is 10.4. The molecule has 0 unspecified atom stereocenters. The van der Waals surface area contributed by atoms with Gasteiger partial charge in [-0.05, 0) is 30.3 Å². The van der Waals surface area contributed by atoms with E-state index in [0.29, 0.717) is 0 Å². The Morgan fingerprint density at radius 1 is 0.867 bits per heavy atom. The van der Waals surface area contributed by atoms with Crippen molar-refractivity contribution in [2.24, 2.45) is 0 Å². The van der Waals surface area contributed by atoms with Crippen molar-refractivity contribution in [1.29, 1.82) is 0 Å². The predicted molar refractivity (Wildman–Crippen MR) is 60.3 cm³/mol. The summed E-state index contributed by atoms with van der Waals surface area (Å²) in [6, 6.07) is 11.6. The third kappa shape index (κ3) is 2.64. The van der Waals surface area contributed by atoms with Crippen LogP contribution in [0.25, 0.3) is 11.0 Å². The summed E-state index contributed by atoms with van der Waals surface area (Å²) >= 11 is 0. The van der Waals surface area contributed by atoms with E-state index in [1.807, 2.05) is 42.6 Å². The Morgan fingerprint density at radius 2 is 1.73 bits per heavy atom. The molecule has 0 amide bonds. The van der Waals surface area contributed by atoms with Gasteiger partial charge >= 0.3 is 0 Å². The lowest BCUT2D eigenvalue weighted by Gasteiger charge is -1.82. The number of fused-ring (bicyclic) bond motifs is 1. The van der Waals surface area contributed by atoms with Crippen molar-refractivity contribution in [3.63, 3.8) is 0 Å². The lowest BCUT2D eigenvalue weighted by molar-refractivity contribution is 1.33. The summed E-state index contributed by atoms with van der Waals surface area (Å²) in [7, 11) is 0. The molecule has 0 aliphatic carbocycles. The molecule has 3 aromatic rings. The first-order valence-electron chi connectivity index (χ1n) is 4.70. The van der Waals surface area contributed by atoms with Crippen molar-refractivity contribution in [3.05, 3.63) is 61.2 Å². The first kappa shape index (κ1) is 9.40. The molecule has 3 nitrogen and oxygen atoms in total. The molecule has 3 heteroatoms. The number of H-pyrrole nitrogens is 1. The second-order valence-corrected chi connectivity index (χ2v) is 2.94. The van der Waals surface area contributed by atoms with E-state index in [0.717, 1.165) is 11.0 Å². The van der Waals surface area contributed by atoms with Crippen LogP contribution in [-0.4, -0.2) is 15.0 Å². The molecule has 0 aliphatic rings. The highest BCUT2D eigenvalue weighted by atomic mass is 14.7. The molecule has 0 spiro atoms. The summed E-state index contributed by atoms with van der Waals surface area (Å²) < 4.78 is 0. The Balaban J connectivity index is 0.000000124. The van der Waals surface area contributed by atoms with Gasteiger partial charge in [-0.3, -0.25) is 9.97 Å². The Hall–Kier alpha value is -2.16. The first-order chi connectivity index (χ1) is 7.47. The van der Waals surface area contributed by atoms with E-state index in [1.54, 1.807) is 18.6 Å². The third-order valence-corrected chi connectivity index (χ3v) is 1.89. The van der Waals surface area contributed by atoms with Crippen molar-refractivity contribution in [3.8, 4) is 0 Å². The number of nitrogens with zero attached hydrogens (tertiary/aromatic N) is 2. The maximum atomic E-state index is 4.11. The van der Waals surface area contributed by atoms with E-state index < -0.39 is 0 Å². The molecule has 3 aromatic heterocycles. The molecule has 74 valence electrons. The molecule has 3 heterocycles. The van der Waals surface area contributed by atoms with Gasteiger partial charge in [0.05, 0.1) is 11.0 Å². The normalized spacial score (nSPS) is 9.33. The molecule has 0 radical (unpaired) electrons. The number of hydrogen-bond acceptors (Lipinski definition) is 2. The monoisotopic (exact) mass is 197 g/mol. The largest absolute Gasteiger partial charge is 0.360 e. The average molecular weight is 197 g/mol. The zero-order valence-electron chi connectivity index (χ0n) is 8.17. The Kier molecular flexibility index (Phi) is 3.07. The SMILES string of the molecule is c1ccncc1.c1cnc2cc[nH]c2c1. The third-order valence-electron chi connectivity index (χ3n) is 1.89. The van der Waals surface area contributed by atoms with Crippen molar-refractivity contribution in [2.75, 3.05) is 0 Å². The van der Waals surface area contributed by atoms with Crippen LogP contribution in [-0.2, 0) is 0 Å². The zero-order chi connectivity index (χ0) is 10.3. The van der Waals surface area contributed by atoms with Gasteiger partial charge in [-0.2, -0.15) is 0 Å². The number of pyridine rings is 2. The van der Waals surface area contributed by atoms with Gasteiger partial charge in [0.2, 0.25) is 0 Å². The molecule has 0 aromatic carbocycles. The van der Waals surface area contributed by atoms with Crippen LogP contribution in [0.2, 0.25) is 0 Å². The van der Waals surface area contributed by atoms with Crippen LogP contribution in [0.3, 0.4) is 0 Å². The fraction of sp³-hybridized carbons (Fsp3) is 0. The average Bonchev–Trinajstić information content (AvgIpc) is 2.80. The van der Waals surface area contributed by atoms with Gasteiger partial charge < -0.3 is 4.98 Å². The fourth-order valence-corrected chi connectivity index (χ4v) is 1.20. The number of aromatic nitrogens is 3. The van der Waals surface area contributed by atoms with Gasteiger partial charge in [0.15, 0.2) is 0 Å². The Labute approximate surface area is 87.8 Å².